The molecule has 22 heavy (non-hydrogen) atoms. The summed E-state index contributed by atoms with van der Waals surface area (Å²) < 4.78 is 1.76. The Kier molecular flexibility index (Phi) is 6.02. The van der Waals surface area contributed by atoms with E-state index in [1.54, 1.807) is 16.9 Å². The van der Waals surface area contributed by atoms with Crippen LogP contribution in [0.3, 0.4) is 0 Å². The molecule has 2 N–H and O–H groups in total. The highest BCUT2D eigenvalue weighted by atomic mass is 32.2. The van der Waals surface area contributed by atoms with Gasteiger partial charge in [0.2, 0.25) is 0 Å². The zero-order valence-electron chi connectivity index (χ0n) is 11.9. The van der Waals surface area contributed by atoms with Gasteiger partial charge in [-0.15, -0.1) is 11.8 Å². The first-order chi connectivity index (χ1) is 10.7. The number of carboxylic acids is 1. The topological polar surface area (TPSA) is 84.2 Å². The molecule has 0 aliphatic heterocycles. The Labute approximate surface area is 132 Å². The number of rotatable bonds is 8. The van der Waals surface area contributed by atoms with Crippen LogP contribution in [0.15, 0.2) is 42.7 Å². The number of benzene rings is 1. The van der Waals surface area contributed by atoms with Crippen LogP contribution in [-0.2, 0) is 11.3 Å². The Morgan fingerprint density at radius 1 is 1.27 bits per heavy atom. The van der Waals surface area contributed by atoms with Gasteiger partial charge in [-0.2, -0.15) is 5.10 Å². The summed E-state index contributed by atoms with van der Waals surface area (Å²) in [5.41, 5.74) is 1.50. The lowest BCUT2D eigenvalue weighted by atomic mass is 10.1. The highest BCUT2D eigenvalue weighted by molar-refractivity contribution is 7.99. The molecule has 0 aliphatic rings. The van der Waals surface area contributed by atoms with Crippen LogP contribution in [0.4, 0.5) is 0 Å². The number of hydrogen-bond acceptors (Lipinski definition) is 4. The molecule has 6 nitrogen and oxygen atoms in total. The van der Waals surface area contributed by atoms with E-state index in [1.165, 1.54) is 11.8 Å². The first-order valence-electron chi connectivity index (χ1n) is 6.80. The molecule has 2 rings (SSSR count). The van der Waals surface area contributed by atoms with Crippen molar-refractivity contribution in [1.82, 2.24) is 15.1 Å². The lowest BCUT2D eigenvalue weighted by molar-refractivity contribution is -0.133. The normalized spacial score (nSPS) is 10.4. The van der Waals surface area contributed by atoms with E-state index in [4.69, 9.17) is 5.11 Å². The Morgan fingerprint density at radius 2 is 2.09 bits per heavy atom. The fraction of sp³-hybridized carbons (Fsp3) is 0.267. The van der Waals surface area contributed by atoms with E-state index in [1.807, 2.05) is 30.5 Å². The Balaban J connectivity index is 1.90. The zero-order chi connectivity index (χ0) is 15.8. The summed E-state index contributed by atoms with van der Waals surface area (Å²) in [4.78, 5) is 22.6. The summed E-state index contributed by atoms with van der Waals surface area (Å²) >= 11 is 1.28. The summed E-state index contributed by atoms with van der Waals surface area (Å²) in [7, 11) is 0. The smallest absolute Gasteiger partial charge is 0.313 e. The highest BCUT2D eigenvalue weighted by Crippen LogP contribution is 2.10. The predicted molar refractivity (Wildman–Crippen MR) is 85.1 cm³/mol. The van der Waals surface area contributed by atoms with E-state index in [0.29, 0.717) is 24.4 Å². The van der Waals surface area contributed by atoms with E-state index in [0.717, 1.165) is 5.56 Å². The van der Waals surface area contributed by atoms with E-state index in [-0.39, 0.29) is 11.7 Å². The molecule has 0 bridgehead atoms. The van der Waals surface area contributed by atoms with E-state index < -0.39 is 5.97 Å². The number of carbonyl (C=O) groups is 2. The lowest BCUT2D eigenvalue weighted by Crippen LogP contribution is -2.27. The summed E-state index contributed by atoms with van der Waals surface area (Å²) in [5, 5.41) is 15.5. The zero-order valence-corrected chi connectivity index (χ0v) is 12.8. The molecular formula is C15H17N3O3S. The quantitative estimate of drug-likeness (QED) is 0.720. The highest BCUT2D eigenvalue weighted by Gasteiger charge is 2.10. The lowest BCUT2D eigenvalue weighted by Gasteiger charge is -2.10. The van der Waals surface area contributed by atoms with Crippen molar-refractivity contribution >= 4 is 23.6 Å². The summed E-state index contributed by atoms with van der Waals surface area (Å²) in [6.45, 7) is 0.969. The largest absolute Gasteiger partial charge is 0.481 e. The average molecular weight is 319 g/mol. The predicted octanol–water partition coefficient (Wildman–Crippen LogP) is 1.48. The third-order valence-corrected chi connectivity index (χ3v) is 3.85. The minimum Gasteiger partial charge on any atom is -0.481 e. The van der Waals surface area contributed by atoms with Crippen LogP contribution in [0.2, 0.25) is 0 Å². The van der Waals surface area contributed by atoms with Crippen LogP contribution >= 0.6 is 11.8 Å². The van der Waals surface area contributed by atoms with Crippen molar-refractivity contribution in [2.45, 2.75) is 6.54 Å². The maximum atomic E-state index is 12.2. The fourth-order valence-corrected chi connectivity index (χ4v) is 2.50. The van der Waals surface area contributed by atoms with Crippen molar-refractivity contribution in [2.24, 2.45) is 0 Å². The maximum Gasteiger partial charge on any atom is 0.313 e. The fourth-order valence-electron chi connectivity index (χ4n) is 1.94. The van der Waals surface area contributed by atoms with E-state index >= 15 is 0 Å². The molecular weight excluding hydrogens is 302 g/mol. The molecule has 0 fully saturated rings. The van der Waals surface area contributed by atoms with E-state index in [9.17, 15) is 9.59 Å². The van der Waals surface area contributed by atoms with Gasteiger partial charge in [0, 0.05) is 30.3 Å². The van der Waals surface area contributed by atoms with Crippen LogP contribution < -0.4 is 5.32 Å². The Morgan fingerprint density at radius 3 is 2.82 bits per heavy atom. The second kappa shape index (κ2) is 8.23. The van der Waals surface area contributed by atoms with Gasteiger partial charge in [0.25, 0.3) is 5.91 Å². The van der Waals surface area contributed by atoms with Crippen molar-refractivity contribution in [3.05, 3.63) is 53.9 Å². The van der Waals surface area contributed by atoms with Crippen LogP contribution in [0, 0.1) is 0 Å². The SMILES string of the molecule is O=C(O)CSCCNC(=O)c1ccccc1Cn1cccn1. The van der Waals surface area contributed by atoms with Crippen molar-refractivity contribution in [1.29, 1.82) is 0 Å². The number of amides is 1. The molecule has 0 spiro atoms. The number of aliphatic carboxylic acids is 1. The molecule has 2 aromatic rings. The second-order valence-electron chi connectivity index (χ2n) is 4.56. The van der Waals surface area contributed by atoms with Gasteiger partial charge in [0.05, 0.1) is 12.3 Å². The van der Waals surface area contributed by atoms with Crippen LogP contribution in [0.5, 0.6) is 0 Å². The molecule has 0 unspecified atom stereocenters. The molecule has 7 heteroatoms. The van der Waals surface area contributed by atoms with Gasteiger partial charge in [-0.3, -0.25) is 14.3 Å². The number of carboxylic acid groups (broad SMARTS) is 1. The van der Waals surface area contributed by atoms with Crippen LogP contribution in [0.1, 0.15) is 15.9 Å². The number of thioether (sulfide) groups is 1. The third-order valence-electron chi connectivity index (χ3n) is 2.91. The standard InChI is InChI=1S/C15H17N3O3S/c19-14(20)11-22-9-7-16-15(21)13-5-2-1-4-12(13)10-18-8-3-6-17-18/h1-6,8H,7,9-11H2,(H,16,21)(H,19,20). The monoisotopic (exact) mass is 319 g/mol. The molecule has 0 atom stereocenters. The number of nitrogens with zero attached hydrogens (tertiary/aromatic N) is 2. The molecule has 0 saturated heterocycles. The van der Waals surface area contributed by atoms with E-state index in [2.05, 4.69) is 10.4 Å². The first-order valence-corrected chi connectivity index (χ1v) is 7.95. The molecule has 0 radical (unpaired) electrons. The molecule has 1 aromatic carbocycles. The van der Waals surface area contributed by atoms with Crippen LogP contribution in [-0.4, -0.2) is 44.8 Å². The molecule has 1 aromatic heterocycles. The molecule has 1 amide bonds. The van der Waals surface area contributed by atoms with Crippen LogP contribution in [0.25, 0.3) is 0 Å². The summed E-state index contributed by atoms with van der Waals surface area (Å²) in [6, 6.07) is 9.22. The number of carbonyl (C=O) groups excluding carboxylic acids is 1. The van der Waals surface area contributed by atoms with Gasteiger partial charge in [-0.1, -0.05) is 18.2 Å². The van der Waals surface area contributed by atoms with Gasteiger partial charge < -0.3 is 10.4 Å². The Bertz CT molecular complexity index is 629. The van der Waals surface area contributed by atoms with Gasteiger partial charge in [-0.25, -0.2) is 0 Å². The summed E-state index contributed by atoms with van der Waals surface area (Å²) in [5.74, 6) is -0.384. The number of hydrogen-bond donors (Lipinski definition) is 2. The number of aromatic nitrogens is 2. The van der Waals surface area contributed by atoms with Crippen molar-refractivity contribution < 1.29 is 14.7 Å². The average Bonchev–Trinajstić information content (AvgIpc) is 3.00. The minimum absolute atomic E-state index is 0.0474. The molecule has 0 aliphatic carbocycles. The molecule has 0 saturated carbocycles. The van der Waals surface area contributed by atoms with Gasteiger partial charge >= 0.3 is 5.97 Å². The third kappa shape index (κ3) is 4.92. The van der Waals surface area contributed by atoms with Crippen molar-refractivity contribution in [3.8, 4) is 0 Å². The first kappa shape index (κ1) is 16.1. The van der Waals surface area contributed by atoms with Crippen molar-refractivity contribution in [3.63, 3.8) is 0 Å². The molecule has 1 heterocycles. The maximum absolute atomic E-state index is 12.2. The van der Waals surface area contributed by atoms with Gasteiger partial charge in [0.1, 0.15) is 0 Å². The number of nitrogens with one attached hydrogen (secondary N) is 1. The van der Waals surface area contributed by atoms with Crippen molar-refractivity contribution in [2.75, 3.05) is 18.1 Å². The molecule has 116 valence electrons. The van der Waals surface area contributed by atoms with Gasteiger partial charge in [-0.05, 0) is 17.7 Å². The second-order valence-corrected chi connectivity index (χ2v) is 5.67. The minimum atomic E-state index is -0.846. The summed E-state index contributed by atoms with van der Waals surface area (Å²) in [6.07, 6.45) is 3.54. The van der Waals surface area contributed by atoms with Gasteiger partial charge in [0.15, 0.2) is 0 Å². The Hall–Kier alpha value is -2.28.